The molecule has 7 nitrogen and oxygen atoms in total. The van der Waals surface area contributed by atoms with Crippen LogP contribution >= 0.6 is 0 Å². The van der Waals surface area contributed by atoms with Gasteiger partial charge in [-0.15, -0.1) is 0 Å². The molecule has 0 bridgehead atoms. The SMILES string of the molecule is N[C@](Cc1ccn[nH]1)(C(=O)O)c1ccn[nH]1. The molecule has 0 unspecified atom stereocenters. The predicted molar refractivity (Wildman–Crippen MR) is 54.4 cm³/mol. The second-order valence-electron chi connectivity index (χ2n) is 3.51. The van der Waals surface area contributed by atoms with Gasteiger partial charge in [-0.2, -0.15) is 10.2 Å². The van der Waals surface area contributed by atoms with E-state index in [1.165, 1.54) is 6.20 Å². The molecule has 5 N–H and O–H groups in total. The Labute approximate surface area is 90.7 Å². The molecule has 0 aliphatic rings. The van der Waals surface area contributed by atoms with Crippen molar-refractivity contribution in [1.82, 2.24) is 20.4 Å². The maximum Gasteiger partial charge on any atom is 0.330 e. The number of aromatic nitrogens is 4. The van der Waals surface area contributed by atoms with E-state index in [1.54, 1.807) is 18.3 Å². The van der Waals surface area contributed by atoms with Crippen LogP contribution in [0, 0.1) is 0 Å². The number of aromatic amines is 2. The van der Waals surface area contributed by atoms with Gasteiger partial charge in [-0.1, -0.05) is 0 Å². The summed E-state index contributed by atoms with van der Waals surface area (Å²) in [7, 11) is 0. The Morgan fingerprint density at radius 2 is 2.06 bits per heavy atom. The van der Waals surface area contributed by atoms with Crippen LogP contribution in [-0.4, -0.2) is 31.5 Å². The van der Waals surface area contributed by atoms with Crippen LogP contribution in [0.4, 0.5) is 0 Å². The number of carboxylic acid groups (broad SMARTS) is 1. The molecule has 0 saturated carbocycles. The van der Waals surface area contributed by atoms with Crippen molar-refractivity contribution in [3.05, 3.63) is 35.9 Å². The highest BCUT2D eigenvalue weighted by Crippen LogP contribution is 2.20. The molecule has 0 radical (unpaired) electrons. The number of hydrogen-bond donors (Lipinski definition) is 4. The summed E-state index contributed by atoms with van der Waals surface area (Å²) in [6.45, 7) is 0. The van der Waals surface area contributed by atoms with Crippen molar-refractivity contribution in [2.45, 2.75) is 12.0 Å². The molecule has 2 aromatic heterocycles. The lowest BCUT2D eigenvalue weighted by Gasteiger charge is -2.22. The van der Waals surface area contributed by atoms with E-state index in [2.05, 4.69) is 20.4 Å². The van der Waals surface area contributed by atoms with Crippen molar-refractivity contribution >= 4 is 5.97 Å². The van der Waals surface area contributed by atoms with Crippen LogP contribution in [0.5, 0.6) is 0 Å². The third-order valence-corrected chi connectivity index (χ3v) is 2.39. The van der Waals surface area contributed by atoms with Gasteiger partial charge in [0.05, 0.1) is 5.69 Å². The summed E-state index contributed by atoms with van der Waals surface area (Å²) in [6, 6.07) is 3.23. The summed E-state index contributed by atoms with van der Waals surface area (Å²) < 4.78 is 0. The van der Waals surface area contributed by atoms with E-state index < -0.39 is 11.5 Å². The lowest BCUT2D eigenvalue weighted by Crippen LogP contribution is -2.47. The van der Waals surface area contributed by atoms with Crippen molar-refractivity contribution < 1.29 is 9.90 Å². The fraction of sp³-hybridized carbons (Fsp3) is 0.222. The lowest BCUT2D eigenvalue weighted by molar-refractivity contribution is -0.143. The maximum atomic E-state index is 11.2. The van der Waals surface area contributed by atoms with Gasteiger partial charge in [0.25, 0.3) is 0 Å². The minimum atomic E-state index is -1.52. The predicted octanol–water partition coefficient (Wildman–Crippen LogP) is -0.386. The zero-order chi connectivity index (χ0) is 11.6. The third-order valence-electron chi connectivity index (χ3n) is 2.39. The van der Waals surface area contributed by atoms with E-state index in [1.807, 2.05) is 0 Å². The molecule has 2 aromatic rings. The topological polar surface area (TPSA) is 121 Å². The summed E-state index contributed by atoms with van der Waals surface area (Å²) in [5.74, 6) is -1.12. The van der Waals surface area contributed by atoms with Crippen LogP contribution in [0.15, 0.2) is 24.5 Å². The first-order valence-corrected chi connectivity index (χ1v) is 4.63. The first kappa shape index (κ1) is 10.4. The smallest absolute Gasteiger partial charge is 0.330 e. The molecular weight excluding hydrogens is 210 g/mol. The van der Waals surface area contributed by atoms with E-state index in [4.69, 9.17) is 5.73 Å². The Morgan fingerprint density at radius 1 is 1.38 bits per heavy atom. The summed E-state index contributed by atoms with van der Waals surface area (Å²) in [5.41, 5.74) is 5.36. The molecule has 2 heterocycles. The second-order valence-corrected chi connectivity index (χ2v) is 3.51. The van der Waals surface area contributed by atoms with Gasteiger partial charge in [-0.3, -0.25) is 10.2 Å². The van der Waals surface area contributed by atoms with Crippen molar-refractivity contribution in [3.8, 4) is 0 Å². The zero-order valence-electron chi connectivity index (χ0n) is 8.34. The fourth-order valence-electron chi connectivity index (χ4n) is 1.47. The van der Waals surface area contributed by atoms with Gasteiger partial charge < -0.3 is 10.8 Å². The van der Waals surface area contributed by atoms with E-state index in [-0.39, 0.29) is 6.42 Å². The van der Waals surface area contributed by atoms with Crippen LogP contribution in [-0.2, 0) is 16.8 Å². The highest BCUT2D eigenvalue weighted by atomic mass is 16.4. The van der Waals surface area contributed by atoms with E-state index in [0.29, 0.717) is 11.4 Å². The standard InChI is InChI=1S/C9H11N5O2/c10-9(8(15)16,7-2-4-12-14-7)5-6-1-3-11-13-6/h1-4H,5,10H2,(H,11,13)(H,12,14)(H,15,16)/t9-/m0/s1. The Morgan fingerprint density at radius 3 is 2.56 bits per heavy atom. The number of H-pyrrole nitrogens is 2. The number of nitrogens with zero attached hydrogens (tertiary/aromatic N) is 2. The van der Waals surface area contributed by atoms with Gasteiger partial charge in [0.2, 0.25) is 0 Å². The van der Waals surface area contributed by atoms with E-state index in [9.17, 15) is 9.90 Å². The minimum absolute atomic E-state index is 0.116. The summed E-state index contributed by atoms with van der Waals surface area (Å²) in [5, 5.41) is 21.9. The number of carboxylic acids is 1. The normalized spacial score (nSPS) is 14.6. The number of nitrogens with two attached hydrogens (primary N) is 1. The molecular formula is C9H11N5O2. The van der Waals surface area contributed by atoms with Gasteiger partial charge >= 0.3 is 5.97 Å². The lowest BCUT2D eigenvalue weighted by atomic mass is 9.91. The molecule has 16 heavy (non-hydrogen) atoms. The molecule has 84 valence electrons. The molecule has 0 fully saturated rings. The number of nitrogens with one attached hydrogen (secondary N) is 2. The van der Waals surface area contributed by atoms with Crippen LogP contribution in [0.25, 0.3) is 0 Å². The molecule has 2 rings (SSSR count). The summed E-state index contributed by atoms with van der Waals surface area (Å²) in [4.78, 5) is 11.2. The van der Waals surface area contributed by atoms with Crippen LogP contribution in [0.1, 0.15) is 11.4 Å². The molecule has 0 spiro atoms. The van der Waals surface area contributed by atoms with E-state index >= 15 is 0 Å². The average molecular weight is 221 g/mol. The van der Waals surface area contributed by atoms with Crippen LogP contribution in [0.2, 0.25) is 0 Å². The van der Waals surface area contributed by atoms with Crippen molar-refractivity contribution in [2.24, 2.45) is 5.73 Å². The number of carbonyl (C=O) groups is 1. The molecule has 1 atom stereocenters. The van der Waals surface area contributed by atoms with Crippen molar-refractivity contribution in [1.29, 1.82) is 0 Å². The van der Waals surface area contributed by atoms with Gasteiger partial charge in [-0.25, -0.2) is 4.79 Å². The molecule has 0 aromatic carbocycles. The second kappa shape index (κ2) is 3.78. The Bertz CT molecular complexity index is 464. The number of hydrogen-bond acceptors (Lipinski definition) is 4. The largest absolute Gasteiger partial charge is 0.480 e. The molecule has 7 heteroatoms. The molecule has 0 aliphatic heterocycles. The Hall–Kier alpha value is -2.15. The highest BCUT2D eigenvalue weighted by molar-refractivity contribution is 5.80. The first-order chi connectivity index (χ1) is 7.63. The first-order valence-electron chi connectivity index (χ1n) is 4.63. The van der Waals surface area contributed by atoms with Gasteiger partial charge in [0.1, 0.15) is 0 Å². The maximum absolute atomic E-state index is 11.2. The monoisotopic (exact) mass is 221 g/mol. The van der Waals surface area contributed by atoms with Crippen molar-refractivity contribution in [3.63, 3.8) is 0 Å². The zero-order valence-corrected chi connectivity index (χ0v) is 8.34. The van der Waals surface area contributed by atoms with Gasteiger partial charge in [-0.05, 0) is 12.1 Å². The van der Waals surface area contributed by atoms with E-state index in [0.717, 1.165) is 0 Å². The third kappa shape index (κ3) is 1.68. The minimum Gasteiger partial charge on any atom is -0.480 e. The average Bonchev–Trinajstić information content (AvgIpc) is 2.88. The quantitative estimate of drug-likeness (QED) is 0.560. The van der Waals surface area contributed by atoms with Crippen LogP contribution in [0.3, 0.4) is 0 Å². The Balaban J connectivity index is 2.33. The summed E-state index contributed by atoms with van der Waals surface area (Å²) in [6.07, 6.45) is 3.13. The van der Waals surface area contributed by atoms with Gasteiger partial charge in [0, 0.05) is 24.5 Å². The molecule has 0 saturated heterocycles. The fourth-order valence-corrected chi connectivity index (χ4v) is 1.47. The molecule has 0 amide bonds. The highest BCUT2D eigenvalue weighted by Gasteiger charge is 2.38. The molecule has 0 aliphatic carbocycles. The van der Waals surface area contributed by atoms with Gasteiger partial charge in [0.15, 0.2) is 5.54 Å². The number of rotatable bonds is 4. The van der Waals surface area contributed by atoms with Crippen molar-refractivity contribution in [2.75, 3.05) is 0 Å². The Kier molecular flexibility index (Phi) is 2.45. The number of aliphatic carboxylic acids is 1. The summed E-state index contributed by atoms with van der Waals surface area (Å²) >= 11 is 0. The van der Waals surface area contributed by atoms with Crippen LogP contribution < -0.4 is 5.73 Å².